The minimum absolute atomic E-state index is 0.176. The van der Waals surface area contributed by atoms with Crippen LogP contribution in [0.2, 0.25) is 0 Å². The van der Waals surface area contributed by atoms with Gasteiger partial charge in [-0.1, -0.05) is 13.8 Å². The highest BCUT2D eigenvalue weighted by Crippen LogP contribution is 2.35. The second-order valence-electron chi connectivity index (χ2n) is 4.74. The third-order valence-corrected chi connectivity index (χ3v) is 3.50. The van der Waals surface area contributed by atoms with E-state index in [1.807, 2.05) is 0 Å². The Kier molecular flexibility index (Phi) is 4.30. The van der Waals surface area contributed by atoms with Gasteiger partial charge in [0.25, 0.3) is 6.43 Å². The van der Waals surface area contributed by atoms with Gasteiger partial charge in [-0.15, -0.1) is 0 Å². The molecule has 1 aliphatic carbocycles. The summed E-state index contributed by atoms with van der Waals surface area (Å²) in [6.07, 6.45) is -0.472. The van der Waals surface area contributed by atoms with Gasteiger partial charge in [-0.3, -0.25) is 0 Å². The number of rotatable bonds is 3. The molecule has 14 heavy (non-hydrogen) atoms. The van der Waals surface area contributed by atoms with Gasteiger partial charge < -0.3 is 5.11 Å². The summed E-state index contributed by atoms with van der Waals surface area (Å²) in [6.45, 7) is 4.35. The molecule has 0 heterocycles. The molecule has 1 nitrogen and oxygen atoms in total. The molecule has 1 fully saturated rings. The zero-order valence-electron chi connectivity index (χ0n) is 8.92. The number of hydrogen-bond acceptors (Lipinski definition) is 1. The first-order valence-corrected chi connectivity index (χ1v) is 5.48. The van der Waals surface area contributed by atoms with Gasteiger partial charge in [0.05, 0.1) is 0 Å². The van der Waals surface area contributed by atoms with E-state index in [-0.39, 0.29) is 5.92 Å². The van der Waals surface area contributed by atoms with Crippen LogP contribution in [-0.4, -0.2) is 17.6 Å². The van der Waals surface area contributed by atoms with Crippen LogP contribution >= 0.6 is 0 Å². The van der Waals surface area contributed by atoms with Crippen molar-refractivity contribution in [3.05, 3.63) is 0 Å². The molecule has 0 aromatic carbocycles. The summed E-state index contributed by atoms with van der Waals surface area (Å²) in [4.78, 5) is 0. The minimum Gasteiger partial charge on any atom is -0.387 e. The van der Waals surface area contributed by atoms with Crippen molar-refractivity contribution in [2.45, 2.75) is 52.1 Å². The first-order valence-electron chi connectivity index (χ1n) is 5.48. The van der Waals surface area contributed by atoms with Crippen LogP contribution in [0.4, 0.5) is 8.78 Å². The molecule has 0 spiro atoms. The van der Waals surface area contributed by atoms with E-state index in [2.05, 4.69) is 13.8 Å². The molecule has 0 aliphatic heterocycles. The smallest absolute Gasteiger partial charge is 0.264 e. The third kappa shape index (κ3) is 2.91. The number of aliphatic hydroxyl groups is 1. The van der Waals surface area contributed by atoms with Crippen molar-refractivity contribution in [1.82, 2.24) is 0 Å². The summed E-state index contributed by atoms with van der Waals surface area (Å²) < 4.78 is 24.4. The summed E-state index contributed by atoms with van der Waals surface area (Å²) in [7, 11) is 0. The SMILES string of the molecule is CC(C)C1CCC(C(O)C(F)F)CC1. The van der Waals surface area contributed by atoms with E-state index in [1.165, 1.54) is 0 Å². The van der Waals surface area contributed by atoms with Crippen molar-refractivity contribution in [2.24, 2.45) is 17.8 Å². The topological polar surface area (TPSA) is 20.2 Å². The van der Waals surface area contributed by atoms with Crippen molar-refractivity contribution in [3.63, 3.8) is 0 Å². The number of hydrogen-bond donors (Lipinski definition) is 1. The van der Waals surface area contributed by atoms with Crippen molar-refractivity contribution >= 4 is 0 Å². The van der Waals surface area contributed by atoms with Crippen LogP contribution in [0.25, 0.3) is 0 Å². The van der Waals surface area contributed by atoms with Crippen LogP contribution in [0.3, 0.4) is 0 Å². The Bertz CT molecular complexity index is 163. The van der Waals surface area contributed by atoms with Gasteiger partial charge in [-0.05, 0) is 43.4 Å². The highest BCUT2D eigenvalue weighted by molar-refractivity contribution is 4.79. The molecule has 1 N–H and O–H groups in total. The summed E-state index contributed by atoms with van der Waals surface area (Å²) in [5.74, 6) is 1.13. The maximum Gasteiger partial charge on any atom is 0.264 e. The monoisotopic (exact) mass is 206 g/mol. The van der Waals surface area contributed by atoms with Crippen molar-refractivity contribution in [1.29, 1.82) is 0 Å². The van der Waals surface area contributed by atoms with Gasteiger partial charge in [0.2, 0.25) is 0 Å². The summed E-state index contributed by atoms with van der Waals surface area (Å²) in [5, 5.41) is 9.23. The van der Waals surface area contributed by atoms with Gasteiger partial charge >= 0.3 is 0 Å². The average molecular weight is 206 g/mol. The third-order valence-electron chi connectivity index (χ3n) is 3.50. The van der Waals surface area contributed by atoms with E-state index in [4.69, 9.17) is 0 Å². The van der Waals surface area contributed by atoms with Crippen LogP contribution in [0.5, 0.6) is 0 Å². The van der Waals surface area contributed by atoms with Crippen molar-refractivity contribution < 1.29 is 13.9 Å². The zero-order chi connectivity index (χ0) is 10.7. The predicted molar refractivity (Wildman–Crippen MR) is 52.3 cm³/mol. The zero-order valence-corrected chi connectivity index (χ0v) is 8.92. The second kappa shape index (κ2) is 5.06. The largest absolute Gasteiger partial charge is 0.387 e. The quantitative estimate of drug-likeness (QED) is 0.752. The molecule has 1 atom stereocenters. The summed E-state index contributed by atoms with van der Waals surface area (Å²) in [5.41, 5.74) is 0. The van der Waals surface area contributed by atoms with Crippen LogP contribution in [0.15, 0.2) is 0 Å². The molecule has 3 heteroatoms. The molecule has 0 aromatic heterocycles. The Morgan fingerprint density at radius 2 is 1.43 bits per heavy atom. The summed E-state index contributed by atoms with van der Waals surface area (Å²) in [6, 6.07) is 0. The van der Waals surface area contributed by atoms with Crippen LogP contribution < -0.4 is 0 Å². The van der Waals surface area contributed by atoms with Gasteiger partial charge in [-0.25, -0.2) is 8.78 Å². The Morgan fingerprint density at radius 1 is 1.00 bits per heavy atom. The fraction of sp³-hybridized carbons (Fsp3) is 1.00. The first-order chi connectivity index (χ1) is 6.52. The molecule has 1 rings (SSSR count). The van der Waals surface area contributed by atoms with E-state index in [0.717, 1.165) is 25.7 Å². The average Bonchev–Trinajstić information content (AvgIpc) is 2.16. The van der Waals surface area contributed by atoms with Crippen LogP contribution in [0, 0.1) is 17.8 Å². The number of halogens is 2. The molecule has 0 saturated heterocycles. The van der Waals surface area contributed by atoms with E-state index in [0.29, 0.717) is 11.8 Å². The summed E-state index contributed by atoms with van der Waals surface area (Å²) >= 11 is 0. The lowest BCUT2D eigenvalue weighted by molar-refractivity contribution is -0.0519. The van der Waals surface area contributed by atoms with Crippen molar-refractivity contribution in [3.8, 4) is 0 Å². The van der Waals surface area contributed by atoms with Gasteiger partial charge in [0.1, 0.15) is 6.10 Å². The van der Waals surface area contributed by atoms with Crippen LogP contribution in [0.1, 0.15) is 39.5 Å². The first kappa shape index (κ1) is 11.9. The molecule has 0 amide bonds. The predicted octanol–water partition coefficient (Wildman–Crippen LogP) is 3.07. The van der Waals surface area contributed by atoms with E-state index in [9.17, 15) is 13.9 Å². The lowest BCUT2D eigenvalue weighted by Gasteiger charge is -2.32. The maximum absolute atomic E-state index is 12.2. The number of alkyl halides is 2. The molecular formula is C11H20F2O. The van der Waals surface area contributed by atoms with Gasteiger partial charge in [-0.2, -0.15) is 0 Å². The molecule has 0 bridgehead atoms. The Balaban J connectivity index is 2.35. The lowest BCUT2D eigenvalue weighted by Crippen LogP contribution is -2.32. The van der Waals surface area contributed by atoms with E-state index >= 15 is 0 Å². The molecule has 1 unspecified atom stereocenters. The maximum atomic E-state index is 12.2. The van der Waals surface area contributed by atoms with Crippen molar-refractivity contribution in [2.75, 3.05) is 0 Å². The Labute approximate surface area is 84.5 Å². The minimum atomic E-state index is -2.57. The molecule has 1 saturated carbocycles. The standard InChI is InChI=1S/C11H20F2O/c1-7(2)8-3-5-9(6-4-8)10(14)11(12)13/h7-11,14H,3-6H2,1-2H3. The Hall–Kier alpha value is -0.180. The molecule has 0 aromatic rings. The Morgan fingerprint density at radius 3 is 1.79 bits per heavy atom. The van der Waals surface area contributed by atoms with Crippen LogP contribution in [-0.2, 0) is 0 Å². The molecule has 84 valence electrons. The van der Waals surface area contributed by atoms with E-state index in [1.54, 1.807) is 0 Å². The van der Waals surface area contributed by atoms with Gasteiger partial charge in [0.15, 0.2) is 0 Å². The highest BCUT2D eigenvalue weighted by Gasteiger charge is 2.32. The van der Waals surface area contributed by atoms with Gasteiger partial charge in [0, 0.05) is 0 Å². The highest BCUT2D eigenvalue weighted by atomic mass is 19.3. The molecule has 0 radical (unpaired) electrons. The second-order valence-corrected chi connectivity index (χ2v) is 4.74. The normalized spacial score (nSPS) is 31.1. The lowest BCUT2D eigenvalue weighted by atomic mass is 9.75. The fourth-order valence-corrected chi connectivity index (χ4v) is 2.36. The molecule has 1 aliphatic rings. The number of aliphatic hydroxyl groups excluding tert-OH is 1. The van der Waals surface area contributed by atoms with E-state index < -0.39 is 12.5 Å². The fourth-order valence-electron chi connectivity index (χ4n) is 2.36. The molecular weight excluding hydrogens is 186 g/mol.